The van der Waals surface area contributed by atoms with E-state index in [9.17, 15) is 14.9 Å². The van der Waals surface area contributed by atoms with Crippen molar-refractivity contribution in [2.24, 2.45) is 0 Å². The normalized spacial score (nSPS) is 17.3. The number of pyridine rings is 2. The number of aryl methyl sites for hydroxylation is 1. The highest BCUT2D eigenvalue weighted by Gasteiger charge is 2.40. The predicted octanol–water partition coefficient (Wildman–Crippen LogP) is 4.37. The highest BCUT2D eigenvalue weighted by Crippen LogP contribution is 2.44. The van der Waals surface area contributed by atoms with Gasteiger partial charge in [-0.2, -0.15) is 9.97 Å². The zero-order valence-electron chi connectivity index (χ0n) is 26.4. The van der Waals surface area contributed by atoms with Gasteiger partial charge >= 0.3 is 11.7 Å². The Morgan fingerprint density at radius 3 is 2.59 bits per heavy atom. The number of ether oxygens (including phenoxy) is 2. The first-order valence-corrected chi connectivity index (χ1v) is 14.5. The number of carbonyl (C=O) groups is 1. The third-order valence-corrected chi connectivity index (χ3v) is 7.86. The topological polar surface area (TPSA) is 152 Å². The number of aromatic nitrogens is 4. The lowest BCUT2D eigenvalue weighted by Gasteiger charge is -2.24. The number of esters is 1. The summed E-state index contributed by atoms with van der Waals surface area (Å²) in [4.78, 5) is 49.4. The second-order valence-corrected chi connectivity index (χ2v) is 12.3. The van der Waals surface area contributed by atoms with Crippen molar-refractivity contribution in [1.82, 2.24) is 24.8 Å². The Morgan fingerprint density at radius 1 is 1.20 bits per heavy atom. The van der Waals surface area contributed by atoms with Crippen LogP contribution >= 0.6 is 0 Å². The largest absolute Gasteiger partial charge is 0.479 e. The Hall–Kier alpha value is -4.59. The molecule has 1 saturated heterocycles. The molecule has 5 heterocycles. The van der Waals surface area contributed by atoms with E-state index in [4.69, 9.17) is 19.4 Å². The molecule has 0 spiro atoms. The molecule has 2 aliphatic rings. The molecule has 0 aromatic carbocycles. The van der Waals surface area contributed by atoms with Crippen LogP contribution in [0, 0.1) is 17.0 Å². The van der Waals surface area contributed by atoms with Gasteiger partial charge in [-0.1, -0.05) is 13.8 Å². The Morgan fingerprint density at radius 2 is 1.95 bits per heavy atom. The number of rotatable bonds is 9. The number of carbonyl (C=O) groups excluding carboxylic acids is 1. The Kier molecular flexibility index (Phi) is 8.30. The minimum atomic E-state index is -0.561. The molecule has 3 aromatic heterocycles. The van der Waals surface area contributed by atoms with Crippen molar-refractivity contribution in [2.45, 2.75) is 58.6 Å². The summed E-state index contributed by atoms with van der Waals surface area (Å²) in [6.07, 6.45) is 1.91. The van der Waals surface area contributed by atoms with Gasteiger partial charge in [0.25, 0.3) is 0 Å². The maximum Gasteiger partial charge on any atom is 0.343 e. The number of fused-ring (bicyclic) bond motifs is 1. The highest BCUT2D eigenvalue weighted by molar-refractivity contribution is 5.96. The van der Waals surface area contributed by atoms with E-state index in [2.05, 4.69) is 34.0 Å². The lowest BCUT2D eigenvalue weighted by Crippen LogP contribution is -2.32. The van der Waals surface area contributed by atoms with Crippen molar-refractivity contribution in [1.29, 1.82) is 0 Å². The van der Waals surface area contributed by atoms with E-state index >= 15 is 0 Å². The first kappa shape index (κ1) is 30.9. The fraction of sp³-hybridized carbons (Fsp3) is 0.500. The number of nitro groups is 1. The zero-order valence-corrected chi connectivity index (χ0v) is 26.4. The molecule has 0 amide bonds. The molecule has 0 saturated carbocycles. The van der Waals surface area contributed by atoms with Crippen LogP contribution < -0.4 is 19.9 Å². The lowest BCUT2D eigenvalue weighted by atomic mass is 9.91. The molecule has 3 aromatic rings. The average Bonchev–Trinajstić information content (AvgIpc) is 3.55. The van der Waals surface area contributed by atoms with E-state index in [0.29, 0.717) is 25.5 Å². The van der Waals surface area contributed by atoms with E-state index in [1.54, 1.807) is 13.8 Å². The molecule has 0 unspecified atom stereocenters. The maximum atomic E-state index is 13.2. The SMILES string of the molecule is COc1nc(N2CC[C@@H](N(C)C)C2)c([N+](=O)[O-])cc1Nc1ncc(C(=O)OC(C)C)c(N2CC(C)(C)c3nc(C)ccc32)n1. The summed E-state index contributed by atoms with van der Waals surface area (Å²) < 4.78 is 11.1. The molecule has 1 N–H and O–H groups in total. The van der Waals surface area contributed by atoms with Crippen molar-refractivity contribution in [3.05, 3.63) is 51.5 Å². The van der Waals surface area contributed by atoms with Crippen molar-refractivity contribution >= 4 is 40.6 Å². The molecule has 14 nitrogen and oxygen atoms in total. The maximum absolute atomic E-state index is 13.2. The molecule has 0 radical (unpaired) electrons. The minimum absolute atomic E-state index is 0.100. The first-order valence-electron chi connectivity index (χ1n) is 14.5. The minimum Gasteiger partial charge on any atom is -0.479 e. The summed E-state index contributed by atoms with van der Waals surface area (Å²) in [5.74, 6) is 0.265. The molecule has 234 valence electrons. The third-order valence-electron chi connectivity index (χ3n) is 7.86. The monoisotopic (exact) mass is 605 g/mol. The van der Waals surface area contributed by atoms with Crippen LogP contribution in [0.15, 0.2) is 24.4 Å². The van der Waals surface area contributed by atoms with Crippen molar-refractivity contribution in [3.63, 3.8) is 0 Å². The molecule has 14 heteroatoms. The van der Waals surface area contributed by atoms with E-state index in [1.165, 1.54) is 19.4 Å². The van der Waals surface area contributed by atoms with Gasteiger partial charge < -0.3 is 29.5 Å². The van der Waals surface area contributed by atoms with Crippen LogP contribution in [0.1, 0.15) is 55.9 Å². The van der Waals surface area contributed by atoms with Gasteiger partial charge in [0.05, 0.1) is 29.5 Å². The smallest absolute Gasteiger partial charge is 0.343 e. The van der Waals surface area contributed by atoms with Crippen LogP contribution in [0.2, 0.25) is 0 Å². The van der Waals surface area contributed by atoms with Gasteiger partial charge in [-0.05, 0) is 53.4 Å². The second-order valence-electron chi connectivity index (χ2n) is 12.3. The number of methoxy groups -OCH3 is 1. The van der Waals surface area contributed by atoms with E-state index in [0.717, 1.165) is 23.5 Å². The molecular formula is C30H39N9O5. The second kappa shape index (κ2) is 11.8. The van der Waals surface area contributed by atoms with Crippen molar-refractivity contribution < 1.29 is 19.2 Å². The first-order chi connectivity index (χ1) is 20.8. The van der Waals surface area contributed by atoms with Crippen molar-refractivity contribution in [2.75, 3.05) is 56.0 Å². The summed E-state index contributed by atoms with van der Waals surface area (Å²) in [7, 11) is 5.43. The van der Waals surface area contributed by atoms with Crippen LogP contribution in [0.5, 0.6) is 5.88 Å². The fourth-order valence-electron chi connectivity index (χ4n) is 5.63. The van der Waals surface area contributed by atoms with Gasteiger partial charge in [0.1, 0.15) is 11.3 Å². The number of hydrogen-bond acceptors (Lipinski definition) is 13. The molecule has 5 rings (SSSR count). The van der Waals surface area contributed by atoms with Crippen LogP contribution in [-0.2, 0) is 10.2 Å². The van der Waals surface area contributed by atoms with E-state index in [-0.39, 0.29) is 52.1 Å². The molecule has 1 atom stereocenters. The summed E-state index contributed by atoms with van der Waals surface area (Å²) in [6.45, 7) is 11.4. The van der Waals surface area contributed by atoms with E-state index in [1.807, 2.05) is 43.0 Å². The zero-order chi connectivity index (χ0) is 31.9. The summed E-state index contributed by atoms with van der Waals surface area (Å²) in [6, 6.07) is 5.52. The lowest BCUT2D eigenvalue weighted by molar-refractivity contribution is -0.384. The number of nitrogens with zero attached hydrogens (tertiary/aromatic N) is 8. The molecule has 1 fully saturated rings. The summed E-state index contributed by atoms with van der Waals surface area (Å²) in [5.41, 5.74) is 2.51. The fourth-order valence-corrected chi connectivity index (χ4v) is 5.63. The quantitative estimate of drug-likeness (QED) is 0.209. The Balaban J connectivity index is 1.56. The average molecular weight is 606 g/mol. The van der Waals surface area contributed by atoms with Crippen molar-refractivity contribution in [3.8, 4) is 5.88 Å². The number of nitrogens with one attached hydrogen (secondary N) is 1. The summed E-state index contributed by atoms with van der Waals surface area (Å²) >= 11 is 0. The highest BCUT2D eigenvalue weighted by atomic mass is 16.6. The van der Waals surface area contributed by atoms with Gasteiger partial charge in [0, 0.05) is 49.0 Å². The standard InChI is InChI=1S/C30H39N9O5/c1-17(2)44-28(40)20-14-31-29(35-25(20)38-16-30(4,5)24-22(38)10-9-18(3)32-24)33-21-13-23(39(41)42)26(34-27(21)43-8)37-12-11-19(15-37)36(6)7/h9-10,13-14,17,19H,11-12,15-16H2,1-8H3,(H,31,33,35)/t19-/m1/s1. The van der Waals surface area contributed by atoms with Crippen LogP contribution in [-0.4, -0.2) is 88.7 Å². The van der Waals surface area contributed by atoms with Gasteiger partial charge in [-0.15, -0.1) is 0 Å². The van der Waals surface area contributed by atoms with Gasteiger partial charge in [0.2, 0.25) is 17.6 Å². The van der Waals surface area contributed by atoms with Crippen LogP contribution in [0.4, 0.5) is 34.6 Å². The predicted molar refractivity (Wildman–Crippen MR) is 167 cm³/mol. The van der Waals surface area contributed by atoms with Gasteiger partial charge in [0.15, 0.2) is 5.82 Å². The Labute approximate surface area is 256 Å². The third kappa shape index (κ3) is 5.94. The Bertz CT molecular complexity index is 1590. The number of anilines is 5. The van der Waals surface area contributed by atoms with Gasteiger partial charge in [-0.25, -0.2) is 9.78 Å². The number of hydrogen-bond donors (Lipinski definition) is 1. The summed E-state index contributed by atoms with van der Waals surface area (Å²) in [5, 5.41) is 15.3. The molecule has 0 aliphatic carbocycles. The van der Waals surface area contributed by atoms with Gasteiger partial charge in [-0.3, -0.25) is 15.1 Å². The molecular weight excluding hydrogens is 566 g/mol. The molecule has 0 bridgehead atoms. The van der Waals surface area contributed by atoms with Crippen LogP contribution in [0.3, 0.4) is 0 Å². The van der Waals surface area contributed by atoms with E-state index < -0.39 is 10.9 Å². The number of likely N-dealkylation sites (N-methyl/N-ethyl adjacent to an activating group) is 1. The molecule has 44 heavy (non-hydrogen) atoms. The van der Waals surface area contributed by atoms with Crippen LogP contribution in [0.25, 0.3) is 0 Å². The molecule has 2 aliphatic heterocycles.